The fourth-order valence-corrected chi connectivity index (χ4v) is 5.07. The molecule has 5 rings (SSSR count). The minimum atomic E-state index is -0.973. The van der Waals surface area contributed by atoms with Gasteiger partial charge in [-0.25, -0.2) is 14.6 Å². The highest BCUT2D eigenvalue weighted by molar-refractivity contribution is 7.16. The molecule has 4 aromatic rings. The van der Waals surface area contributed by atoms with Gasteiger partial charge < -0.3 is 18.8 Å². The maximum Gasteiger partial charge on any atom is 0.225 e. The molecule has 8 nitrogen and oxygen atoms in total. The van der Waals surface area contributed by atoms with Crippen molar-refractivity contribution < 1.29 is 14.2 Å². The molecule has 0 saturated carbocycles. The average Bonchev–Trinajstić information content (AvgIpc) is 3.65. The maximum absolute atomic E-state index is 6.38. The van der Waals surface area contributed by atoms with Gasteiger partial charge in [0.25, 0.3) is 0 Å². The molecule has 178 valence electrons. The Morgan fingerprint density at radius 2 is 2.12 bits per heavy atom. The van der Waals surface area contributed by atoms with Gasteiger partial charge in [-0.15, -0.1) is 11.3 Å². The van der Waals surface area contributed by atoms with Gasteiger partial charge >= 0.3 is 0 Å². The Morgan fingerprint density at radius 1 is 1.24 bits per heavy atom. The van der Waals surface area contributed by atoms with Crippen LogP contribution in [0.5, 0.6) is 5.75 Å². The van der Waals surface area contributed by atoms with Crippen LogP contribution in [0.2, 0.25) is 4.34 Å². The van der Waals surface area contributed by atoms with E-state index in [0.29, 0.717) is 24.1 Å². The highest BCUT2D eigenvalue weighted by Crippen LogP contribution is 2.40. The van der Waals surface area contributed by atoms with E-state index in [1.54, 1.807) is 11.0 Å². The van der Waals surface area contributed by atoms with Crippen molar-refractivity contribution in [3.8, 4) is 17.1 Å². The summed E-state index contributed by atoms with van der Waals surface area (Å²) < 4.78 is 23.2. The summed E-state index contributed by atoms with van der Waals surface area (Å²) in [5.41, 5.74) is 1.07. The quantitative estimate of drug-likeness (QED) is 0.305. The second kappa shape index (κ2) is 10.3. The lowest BCUT2D eigenvalue weighted by molar-refractivity contribution is -0.188. The smallest absolute Gasteiger partial charge is 0.225 e. The van der Waals surface area contributed by atoms with Crippen LogP contribution in [0.3, 0.4) is 0 Å². The van der Waals surface area contributed by atoms with Crippen molar-refractivity contribution in [3.63, 3.8) is 0 Å². The van der Waals surface area contributed by atoms with E-state index in [1.165, 1.54) is 17.7 Å². The number of ether oxygens (including phenoxy) is 3. The number of rotatable bonds is 10. The molecule has 3 aromatic heterocycles. The van der Waals surface area contributed by atoms with E-state index in [2.05, 4.69) is 26.6 Å². The van der Waals surface area contributed by atoms with Crippen LogP contribution in [0, 0.1) is 0 Å². The van der Waals surface area contributed by atoms with Crippen LogP contribution in [0.4, 0.5) is 0 Å². The summed E-state index contributed by atoms with van der Waals surface area (Å²) in [7, 11) is 0. The Balaban J connectivity index is 1.23. The largest absolute Gasteiger partial charge is 0.491 e. The molecule has 1 aliphatic heterocycles. The number of halogens is 1. The number of benzene rings is 1. The number of unbranched alkanes of at least 4 members (excludes halogenated alkanes) is 1. The molecule has 0 bridgehead atoms. The van der Waals surface area contributed by atoms with Crippen molar-refractivity contribution in [1.82, 2.24) is 24.3 Å². The normalized spacial score (nSPS) is 20.1. The molecule has 2 unspecified atom stereocenters. The standard InChI is InChI=1S/C24H26ClN5O3S/c1-2-3-11-29-12-10-27-23(29)18-4-6-19(7-5-18)31-13-20-14-32-24(33-20,15-30-17-26-16-28-30)21-8-9-22(25)34-21/h4-10,12,16-17,20H,2-3,11,13-15H2,1H3. The van der Waals surface area contributed by atoms with Crippen molar-refractivity contribution in [3.05, 3.63) is 70.7 Å². The van der Waals surface area contributed by atoms with Crippen molar-refractivity contribution >= 4 is 22.9 Å². The van der Waals surface area contributed by atoms with E-state index >= 15 is 0 Å². The van der Waals surface area contributed by atoms with Gasteiger partial charge in [0.15, 0.2) is 0 Å². The summed E-state index contributed by atoms with van der Waals surface area (Å²) in [6.07, 6.45) is 9.05. The van der Waals surface area contributed by atoms with Crippen LogP contribution in [0.25, 0.3) is 11.4 Å². The summed E-state index contributed by atoms with van der Waals surface area (Å²) in [4.78, 5) is 9.43. The highest BCUT2D eigenvalue weighted by Gasteiger charge is 2.45. The number of aromatic nitrogens is 5. The first-order chi connectivity index (χ1) is 16.6. The molecular weight excluding hydrogens is 474 g/mol. The molecule has 1 saturated heterocycles. The summed E-state index contributed by atoms with van der Waals surface area (Å²) in [6.45, 7) is 4.30. The predicted octanol–water partition coefficient (Wildman–Crippen LogP) is 5.00. The van der Waals surface area contributed by atoms with Crippen LogP contribution >= 0.6 is 22.9 Å². The third-order valence-electron chi connectivity index (χ3n) is 5.66. The lowest BCUT2D eigenvalue weighted by atomic mass is 10.2. The number of aryl methyl sites for hydroxylation is 1. The number of hydrogen-bond acceptors (Lipinski definition) is 7. The summed E-state index contributed by atoms with van der Waals surface area (Å²) >= 11 is 7.62. The van der Waals surface area contributed by atoms with Gasteiger partial charge in [0, 0.05) is 24.5 Å². The van der Waals surface area contributed by atoms with Crippen LogP contribution in [0.1, 0.15) is 24.6 Å². The number of thiophene rings is 1. The molecule has 0 N–H and O–H groups in total. The van der Waals surface area contributed by atoms with E-state index < -0.39 is 5.79 Å². The van der Waals surface area contributed by atoms with Gasteiger partial charge in [-0.1, -0.05) is 24.9 Å². The molecular formula is C24H26ClN5O3S. The third-order valence-corrected chi connectivity index (χ3v) is 7.02. The second-order valence-corrected chi connectivity index (χ2v) is 9.85. The Labute approximate surface area is 207 Å². The number of imidazole rings is 1. The van der Waals surface area contributed by atoms with E-state index in [1.807, 2.05) is 48.8 Å². The van der Waals surface area contributed by atoms with Gasteiger partial charge in [-0.2, -0.15) is 5.10 Å². The second-order valence-electron chi connectivity index (χ2n) is 8.13. The molecule has 1 aromatic carbocycles. The average molecular weight is 500 g/mol. The zero-order valence-electron chi connectivity index (χ0n) is 18.8. The van der Waals surface area contributed by atoms with E-state index in [9.17, 15) is 0 Å². The van der Waals surface area contributed by atoms with Crippen molar-refractivity contribution in [1.29, 1.82) is 0 Å². The fourth-order valence-electron chi connectivity index (χ4n) is 3.95. The van der Waals surface area contributed by atoms with Gasteiger partial charge in [0.05, 0.1) is 15.8 Å². The molecule has 34 heavy (non-hydrogen) atoms. The maximum atomic E-state index is 6.38. The molecule has 0 amide bonds. The molecule has 1 fully saturated rings. The fraction of sp³-hybridized carbons (Fsp3) is 0.375. The van der Waals surface area contributed by atoms with Crippen LogP contribution in [0.15, 0.2) is 61.4 Å². The molecule has 0 spiro atoms. The lowest BCUT2D eigenvalue weighted by Crippen LogP contribution is -2.33. The molecule has 10 heteroatoms. The van der Waals surface area contributed by atoms with E-state index in [-0.39, 0.29) is 6.10 Å². The predicted molar refractivity (Wildman–Crippen MR) is 130 cm³/mol. The number of hydrogen-bond donors (Lipinski definition) is 0. The van der Waals surface area contributed by atoms with E-state index in [4.69, 9.17) is 25.8 Å². The van der Waals surface area contributed by atoms with Gasteiger partial charge in [0.2, 0.25) is 5.79 Å². The van der Waals surface area contributed by atoms with Gasteiger partial charge in [0.1, 0.15) is 43.5 Å². The first kappa shape index (κ1) is 23.0. The summed E-state index contributed by atoms with van der Waals surface area (Å²) in [6, 6.07) is 11.8. The SMILES string of the molecule is CCCCn1ccnc1-c1ccc(OCC2COC(Cn3cncn3)(c3ccc(Cl)s3)O2)cc1. The first-order valence-electron chi connectivity index (χ1n) is 11.3. The van der Waals surface area contributed by atoms with Crippen LogP contribution < -0.4 is 4.74 Å². The van der Waals surface area contributed by atoms with E-state index in [0.717, 1.165) is 41.4 Å². The lowest BCUT2D eigenvalue weighted by Gasteiger charge is -2.26. The molecule has 1 aliphatic rings. The minimum Gasteiger partial charge on any atom is -0.491 e. The van der Waals surface area contributed by atoms with Crippen LogP contribution in [-0.4, -0.2) is 43.6 Å². The zero-order valence-corrected chi connectivity index (χ0v) is 20.4. The topological polar surface area (TPSA) is 76.2 Å². The highest BCUT2D eigenvalue weighted by atomic mass is 35.5. The third kappa shape index (κ3) is 5.02. The van der Waals surface area contributed by atoms with Crippen LogP contribution in [-0.2, 0) is 28.4 Å². The summed E-state index contributed by atoms with van der Waals surface area (Å²) in [5, 5.41) is 4.21. The monoisotopic (exact) mass is 499 g/mol. The van der Waals surface area contributed by atoms with Crippen molar-refractivity contribution in [2.45, 2.75) is 44.7 Å². The first-order valence-corrected chi connectivity index (χ1v) is 12.5. The molecule has 2 atom stereocenters. The Kier molecular flexibility index (Phi) is 6.96. The molecule has 0 radical (unpaired) electrons. The molecule has 4 heterocycles. The number of nitrogens with zero attached hydrogens (tertiary/aromatic N) is 5. The van der Waals surface area contributed by atoms with Gasteiger partial charge in [-0.3, -0.25) is 0 Å². The molecule has 0 aliphatic carbocycles. The summed E-state index contributed by atoms with van der Waals surface area (Å²) in [5.74, 6) is 0.769. The van der Waals surface area contributed by atoms with Crippen molar-refractivity contribution in [2.24, 2.45) is 0 Å². The van der Waals surface area contributed by atoms with Gasteiger partial charge in [-0.05, 0) is 42.8 Å². The van der Waals surface area contributed by atoms with Crippen molar-refractivity contribution in [2.75, 3.05) is 13.2 Å². The minimum absolute atomic E-state index is 0.239. The Bertz CT molecular complexity index is 1190. The Morgan fingerprint density at radius 3 is 2.85 bits per heavy atom. The zero-order chi connectivity index (χ0) is 23.4. The Hall–Kier alpha value is -2.72.